The van der Waals surface area contributed by atoms with Crippen LogP contribution in [0.3, 0.4) is 0 Å². The average Bonchev–Trinajstić information content (AvgIpc) is 3.38. The highest BCUT2D eigenvalue weighted by Gasteiger charge is 2.43. The minimum Gasteiger partial charge on any atom is -0.468 e. The zero-order chi connectivity index (χ0) is 24.8. The van der Waals surface area contributed by atoms with Crippen LogP contribution >= 0.6 is 0 Å². The first-order chi connectivity index (χ1) is 17.7. The predicted octanol–water partition coefficient (Wildman–Crippen LogP) is 4.67. The van der Waals surface area contributed by atoms with Crippen molar-refractivity contribution < 1.29 is 9.53 Å². The van der Waals surface area contributed by atoms with E-state index >= 15 is 0 Å². The van der Waals surface area contributed by atoms with Crippen molar-refractivity contribution in [2.24, 2.45) is 0 Å². The fraction of sp³-hybridized carbons (Fsp3) is 0.241. The van der Waals surface area contributed by atoms with Crippen molar-refractivity contribution in [2.75, 3.05) is 13.7 Å². The van der Waals surface area contributed by atoms with Gasteiger partial charge in [0.1, 0.15) is 5.54 Å². The molecule has 1 fully saturated rings. The average molecular weight is 480 g/mol. The number of hydrogen-bond donors (Lipinski definition) is 0. The highest BCUT2D eigenvalue weighted by molar-refractivity contribution is 5.68. The number of allylic oxidation sites excluding steroid dienone is 1. The standard InChI is InChI=1S/C29H29N5O2/c1-36-28(35)22-34-31-27(30-32-34)21-26-19-11-12-20-33(26)29(23-13-5-2-6-14-23,24-15-7-3-8-16-24)25-17-9-4-10-18-25/h2-10,13-18,21H,11-12,19-20,22H2,1H3. The third kappa shape index (κ3) is 4.52. The van der Waals surface area contributed by atoms with Crippen molar-refractivity contribution in [1.29, 1.82) is 0 Å². The molecule has 36 heavy (non-hydrogen) atoms. The molecule has 7 heteroatoms. The lowest BCUT2D eigenvalue weighted by molar-refractivity contribution is -0.141. The monoisotopic (exact) mass is 479 g/mol. The lowest BCUT2D eigenvalue weighted by Crippen LogP contribution is -2.49. The first kappa shape index (κ1) is 23.5. The van der Waals surface area contributed by atoms with Gasteiger partial charge in [0.25, 0.3) is 0 Å². The Morgan fingerprint density at radius 3 is 1.97 bits per heavy atom. The smallest absolute Gasteiger partial charge is 0.329 e. The Morgan fingerprint density at radius 2 is 1.44 bits per heavy atom. The number of tetrazole rings is 1. The molecule has 182 valence electrons. The number of esters is 1. The molecule has 0 unspecified atom stereocenters. The van der Waals surface area contributed by atoms with Crippen LogP contribution in [0.25, 0.3) is 6.08 Å². The van der Waals surface area contributed by atoms with Gasteiger partial charge in [0.15, 0.2) is 12.4 Å². The summed E-state index contributed by atoms with van der Waals surface area (Å²) in [5.74, 6) is 0.0611. The van der Waals surface area contributed by atoms with Gasteiger partial charge in [-0.15, -0.1) is 10.2 Å². The molecule has 0 N–H and O–H groups in total. The van der Waals surface area contributed by atoms with Crippen LogP contribution < -0.4 is 0 Å². The zero-order valence-electron chi connectivity index (χ0n) is 20.3. The van der Waals surface area contributed by atoms with Crippen molar-refractivity contribution in [3.8, 4) is 0 Å². The van der Waals surface area contributed by atoms with Crippen LogP contribution in [0.4, 0.5) is 0 Å². The first-order valence-corrected chi connectivity index (χ1v) is 12.2. The number of benzene rings is 3. The molecule has 0 spiro atoms. The molecule has 1 aromatic heterocycles. The maximum Gasteiger partial charge on any atom is 0.329 e. The van der Waals surface area contributed by atoms with Crippen LogP contribution in [0.5, 0.6) is 0 Å². The molecule has 0 aliphatic carbocycles. The van der Waals surface area contributed by atoms with E-state index in [0.29, 0.717) is 5.82 Å². The number of hydrogen-bond acceptors (Lipinski definition) is 6. The number of rotatable bonds is 7. The Balaban J connectivity index is 1.69. The topological polar surface area (TPSA) is 73.1 Å². The minimum atomic E-state index is -0.544. The summed E-state index contributed by atoms with van der Waals surface area (Å²) in [6.07, 6.45) is 5.05. The molecule has 1 saturated heterocycles. The highest BCUT2D eigenvalue weighted by Crippen LogP contribution is 2.46. The summed E-state index contributed by atoms with van der Waals surface area (Å²) in [5.41, 5.74) is 4.17. The normalized spacial score (nSPS) is 15.1. The Labute approximate surface area is 211 Å². The second kappa shape index (κ2) is 10.6. The van der Waals surface area contributed by atoms with Gasteiger partial charge < -0.3 is 9.64 Å². The van der Waals surface area contributed by atoms with Gasteiger partial charge in [-0.2, -0.15) is 4.80 Å². The molecule has 0 atom stereocenters. The molecule has 7 nitrogen and oxygen atoms in total. The number of likely N-dealkylation sites (tertiary alicyclic amines) is 1. The third-order valence-electron chi connectivity index (χ3n) is 6.65. The number of piperidine rings is 1. The van der Waals surface area contributed by atoms with E-state index in [1.807, 2.05) is 6.08 Å². The Hall–Kier alpha value is -4.26. The summed E-state index contributed by atoms with van der Waals surface area (Å²) in [7, 11) is 1.35. The van der Waals surface area contributed by atoms with E-state index < -0.39 is 11.5 Å². The first-order valence-electron chi connectivity index (χ1n) is 12.2. The second-order valence-corrected chi connectivity index (χ2v) is 8.81. The predicted molar refractivity (Wildman–Crippen MR) is 138 cm³/mol. The Kier molecular flexibility index (Phi) is 6.89. The third-order valence-corrected chi connectivity index (χ3v) is 6.65. The molecule has 4 aromatic rings. The quantitative estimate of drug-likeness (QED) is 0.283. The number of carbonyl (C=O) groups excluding carboxylic acids is 1. The van der Waals surface area contributed by atoms with Gasteiger partial charge >= 0.3 is 5.97 Å². The Bertz CT molecular complexity index is 1220. The summed E-state index contributed by atoms with van der Waals surface area (Å²) in [6.45, 7) is 0.805. The SMILES string of the molecule is COC(=O)Cn1nnc(C=C2CCCCN2C(c2ccccc2)(c2ccccc2)c2ccccc2)n1. The molecule has 1 aliphatic heterocycles. The number of carbonyl (C=O) groups is 1. The lowest BCUT2D eigenvalue weighted by Gasteiger charge is -2.49. The fourth-order valence-electron chi connectivity index (χ4n) is 5.10. The summed E-state index contributed by atoms with van der Waals surface area (Å²) in [5, 5.41) is 12.7. The van der Waals surface area contributed by atoms with Crippen molar-refractivity contribution in [2.45, 2.75) is 31.3 Å². The van der Waals surface area contributed by atoms with E-state index in [1.165, 1.54) is 28.6 Å². The molecule has 3 aromatic carbocycles. The van der Waals surface area contributed by atoms with Crippen LogP contribution in [0.15, 0.2) is 96.7 Å². The van der Waals surface area contributed by atoms with E-state index in [0.717, 1.165) is 31.5 Å². The fourth-order valence-corrected chi connectivity index (χ4v) is 5.10. The molecule has 0 bridgehead atoms. The van der Waals surface area contributed by atoms with Crippen molar-refractivity contribution in [1.82, 2.24) is 25.1 Å². The summed E-state index contributed by atoms with van der Waals surface area (Å²) >= 11 is 0. The lowest BCUT2D eigenvalue weighted by atomic mass is 9.74. The number of ether oxygens (including phenoxy) is 1. The molecular formula is C29H29N5O2. The molecular weight excluding hydrogens is 450 g/mol. The van der Waals surface area contributed by atoms with Gasteiger partial charge in [0.2, 0.25) is 0 Å². The van der Waals surface area contributed by atoms with E-state index in [4.69, 9.17) is 4.74 Å². The van der Waals surface area contributed by atoms with Crippen LogP contribution in [0.2, 0.25) is 0 Å². The van der Waals surface area contributed by atoms with Crippen LogP contribution in [-0.2, 0) is 21.6 Å². The Morgan fingerprint density at radius 1 is 0.889 bits per heavy atom. The molecule has 1 aliphatic rings. The largest absolute Gasteiger partial charge is 0.468 e. The number of methoxy groups -OCH3 is 1. The van der Waals surface area contributed by atoms with Crippen LogP contribution in [0.1, 0.15) is 41.8 Å². The van der Waals surface area contributed by atoms with Gasteiger partial charge in [-0.3, -0.25) is 0 Å². The molecule has 2 heterocycles. The zero-order valence-corrected chi connectivity index (χ0v) is 20.3. The van der Waals surface area contributed by atoms with Crippen molar-refractivity contribution >= 4 is 12.0 Å². The van der Waals surface area contributed by atoms with Gasteiger partial charge in [-0.1, -0.05) is 91.0 Å². The number of nitrogens with zero attached hydrogens (tertiary/aromatic N) is 5. The van der Waals surface area contributed by atoms with Crippen LogP contribution in [0, 0.1) is 0 Å². The van der Waals surface area contributed by atoms with Gasteiger partial charge in [0, 0.05) is 18.3 Å². The molecule has 5 rings (SSSR count). The van der Waals surface area contributed by atoms with Gasteiger partial charge in [0.05, 0.1) is 7.11 Å². The second-order valence-electron chi connectivity index (χ2n) is 8.81. The minimum absolute atomic E-state index is 0.0711. The van der Waals surface area contributed by atoms with E-state index in [2.05, 4.69) is 111 Å². The molecule has 0 radical (unpaired) electrons. The van der Waals surface area contributed by atoms with Crippen molar-refractivity contribution in [3.05, 3.63) is 119 Å². The maximum atomic E-state index is 11.7. The summed E-state index contributed by atoms with van der Waals surface area (Å²) < 4.78 is 4.73. The summed E-state index contributed by atoms with van der Waals surface area (Å²) in [4.78, 5) is 15.4. The van der Waals surface area contributed by atoms with Crippen molar-refractivity contribution in [3.63, 3.8) is 0 Å². The maximum absolute atomic E-state index is 11.7. The number of aromatic nitrogens is 4. The summed E-state index contributed by atoms with van der Waals surface area (Å²) in [6, 6.07) is 32.0. The highest BCUT2D eigenvalue weighted by atomic mass is 16.5. The molecule has 0 saturated carbocycles. The van der Waals surface area contributed by atoms with E-state index in [9.17, 15) is 4.79 Å². The van der Waals surface area contributed by atoms with Crippen LogP contribution in [-0.4, -0.2) is 44.7 Å². The van der Waals surface area contributed by atoms with E-state index in [1.54, 1.807) is 0 Å². The van der Waals surface area contributed by atoms with Gasteiger partial charge in [-0.05, 0) is 41.2 Å². The molecule has 0 amide bonds. The van der Waals surface area contributed by atoms with E-state index in [-0.39, 0.29) is 6.54 Å². The van der Waals surface area contributed by atoms with Gasteiger partial charge in [-0.25, -0.2) is 4.79 Å².